The van der Waals surface area contributed by atoms with E-state index in [2.05, 4.69) is 5.43 Å². The van der Waals surface area contributed by atoms with Crippen LogP contribution in [-0.4, -0.2) is 29.1 Å². The van der Waals surface area contributed by atoms with Crippen LogP contribution in [0.3, 0.4) is 0 Å². The van der Waals surface area contributed by atoms with Crippen molar-refractivity contribution in [3.63, 3.8) is 0 Å². The molecule has 4 heteroatoms. The van der Waals surface area contributed by atoms with Crippen molar-refractivity contribution >= 4 is 5.91 Å². The number of aliphatic hydroxyl groups is 1. The Kier molecular flexibility index (Phi) is 3.60. The number of hydrogen-bond acceptors (Lipinski definition) is 3. The summed E-state index contributed by atoms with van der Waals surface area (Å²) < 4.78 is 0. The SMILES string of the molecule is O=C1CCCCN(CC=CO)N1. The van der Waals surface area contributed by atoms with E-state index in [1.807, 2.05) is 5.01 Å². The second-order valence-corrected chi connectivity index (χ2v) is 2.82. The molecule has 0 radical (unpaired) electrons. The highest BCUT2D eigenvalue weighted by Gasteiger charge is 2.11. The first-order chi connectivity index (χ1) is 5.83. The Balaban J connectivity index is 2.35. The van der Waals surface area contributed by atoms with Crippen LogP contribution in [0.2, 0.25) is 0 Å². The van der Waals surface area contributed by atoms with E-state index >= 15 is 0 Å². The van der Waals surface area contributed by atoms with Gasteiger partial charge in [-0.25, -0.2) is 5.01 Å². The zero-order valence-corrected chi connectivity index (χ0v) is 6.99. The summed E-state index contributed by atoms with van der Waals surface area (Å²) in [6.07, 6.45) is 5.19. The zero-order chi connectivity index (χ0) is 8.81. The normalized spacial score (nSPS) is 20.8. The molecule has 0 spiro atoms. The molecule has 1 saturated heterocycles. The van der Waals surface area contributed by atoms with Crippen LogP contribution in [0.15, 0.2) is 12.3 Å². The van der Waals surface area contributed by atoms with Gasteiger partial charge in [0, 0.05) is 19.5 Å². The number of aliphatic hydroxyl groups excluding tert-OH is 1. The maximum Gasteiger partial charge on any atom is 0.234 e. The molecule has 0 unspecified atom stereocenters. The topological polar surface area (TPSA) is 52.6 Å². The molecule has 0 bridgehead atoms. The summed E-state index contributed by atoms with van der Waals surface area (Å²) in [7, 11) is 0. The number of hydrogen-bond donors (Lipinski definition) is 2. The number of hydrazine groups is 1. The summed E-state index contributed by atoms with van der Waals surface area (Å²) >= 11 is 0. The van der Waals surface area contributed by atoms with Crippen molar-refractivity contribution in [3.05, 3.63) is 12.3 Å². The molecular weight excluding hydrogens is 156 g/mol. The third-order valence-corrected chi connectivity index (χ3v) is 1.80. The van der Waals surface area contributed by atoms with E-state index in [9.17, 15) is 4.79 Å². The van der Waals surface area contributed by atoms with Gasteiger partial charge in [0.15, 0.2) is 0 Å². The maximum atomic E-state index is 11.0. The summed E-state index contributed by atoms with van der Waals surface area (Å²) in [6.45, 7) is 1.43. The van der Waals surface area contributed by atoms with Crippen LogP contribution in [0.1, 0.15) is 19.3 Å². The van der Waals surface area contributed by atoms with Gasteiger partial charge in [0.1, 0.15) is 0 Å². The van der Waals surface area contributed by atoms with Crippen LogP contribution >= 0.6 is 0 Å². The molecule has 0 aliphatic carbocycles. The van der Waals surface area contributed by atoms with Crippen molar-refractivity contribution in [1.82, 2.24) is 10.4 Å². The lowest BCUT2D eigenvalue weighted by atomic mass is 10.2. The minimum atomic E-state index is 0.0684. The van der Waals surface area contributed by atoms with E-state index in [-0.39, 0.29) is 5.91 Å². The number of rotatable bonds is 2. The average Bonchev–Trinajstić information content (AvgIpc) is 2.26. The van der Waals surface area contributed by atoms with Gasteiger partial charge in [-0.2, -0.15) is 0 Å². The van der Waals surface area contributed by atoms with Gasteiger partial charge in [0.25, 0.3) is 0 Å². The van der Waals surface area contributed by atoms with E-state index in [1.165, 1.54) is 0 Å². The molecule has 2 N–H and O–H groups in total. The quantitative estimate of drug-likeness (QED) is 0.596. The standard InChI is InChI=1S/C8H14N2O2/c11-7-3-6-10-5-2-1-4-8(12)9-10/h3,7,11H,1-2,4-6H2,(H,9,12). The van der Waals surface area contributed by atoms with Crippen molar-refractivity contribution < 1.29 is 9.90 Å². The van der Waals surface area contributed by atoms with Gasteiger partial charge in [-0.1, -0.05) is 0 Å². The first-order valence-electron chi connectivity index (χ1n) is 4.16. The molecule has 4 nitrogen and oxygen atoms in total. The van der Waals surface area contributed by atoms with Gasteiger partial charge in [0.05, 0.1) is 6.26 Å². The molecule has 1 rings (SSSR count). The van der Waals surface area contributed by atoms with Gasteiger partial charge in [-0.15, -0.1) is 0 Å². The van der Waals surface area contributed by atoms with Gasteiger partial charge >= 0.3 is 0 Å². The maximum absolute atomic E-state index is 11.0. The molecule has 1 fully saturated rings. The fraction of sp³-hybridized carbons (Fsp3) is 0.625. The highest BCUT2D eigenvalue weighted by molar-refractivity contribution is 5.75. The van der Waals surface area contributed by atoms with Crippen LogP contribution in [0, 0.1) is 0 Å². The van der Waals surface area contributed by atoms with Gasteiger partial charge in [-0.05, 0) is 18.9 Å². The predicted molar refractivity (Wildman–Crippen MR) is 45.3 cm³/mol. The summed E-state index contributed by atoms with van der Waals surface area (Å²) in [5.41, 5.74) is 2.75. The van der Waals surface area contributed by atoms with Crippen LogP contribution in [0.25, 0.3) is 0 Å². The monoisotopic (exact) mass is 170 g/mol. The summed E-state index contributed by atoms with van der Waals surface area (Å²) in [5.74, 6) is 0.0684. The molecule has 1 aliphatic rings. The molecule has 0 saturated carbocycles. The van der Waals surface area contributed by atoms with E-state index in [0.29, 0.717) is 13.0 Å². The number of carbonyl (C=O) groups is 1. The molecular formula is C8H14N2O2. The van der Waals surface area contributed by atoms with Crippen LogP contribution in [0.4, 0.5) is 0 Å². The smallest absolute Gasteiger partial charge is 0.234 e. The van der Waals surface area contributed by atoms with Gasteiger partial charge in [-0.3, -0.25) is 10.2 Å². The van der Waals surface area contributed by atoms with E-state index in [0.717, 1.165) is 25.6 Å². The molecule has 68 valence electrons. The highest BCUT2D eigenvalue weighted by atomic mass is 16.2. The van der Waals surface area contributed by atoms with Gasteiger partial charge in [0.2, 0.25) is 5.91 Å². The zero-order valence-electron chi connectivity index (χ0n) is 6.99. The van der Waals surface area contributed by atoms with Crippen LogP contribution < -0.4 is 5.43 Å². The third kappa shape index (κ3) is 2.92. The van der Waals surface area contributed by atoms with Crippen molar-refractivity contribution in [2.45, 2.75) is 19.3 Å². The molecule has 1 heterocycles. The van der Waals surface area contributed by atoms with Crippen molar-refractivity contribution in [1.29, 1.82) is 0 Å². The minimum Gasteiger partial charge on any atom is -0.516 e. The molecule has 0 aromatic heterocycles. The number of nitrogens with zero attached hydrogens (tertiary/aromatic N) is 1. The number of nitrogens with one attached hydrogen (secondary N) is 1. The average molecular weight is 170 g/mol. The molecule has 0 atom stereocenters. The Morgan fingerprint density at radius 2 is 2.42 bits per heavy atom. The van der Waals surface area contributed by atoms with Crippen LogP contribution in [0.5, 0.6) is 0 Å². The fourth-order valence-electron chi connectivity index (χ4n) is 1.19. The van der Waals surface area contributed by atoms with E-state index < -0.39 is 0 Å². The summed E-state index contributed by atoms with van der Waals surface area (Å²) in [5, 5.41) is 10.2. The second kappa shape index (κ2) is 4.77. The Bertz CT molecular complexity index is 180. The molecule has 1 amide bonds. The fourth-order valence-corrected chi connectivity index (χ4v) is 1.19. The summed E-state index contributed by atoms with van der Waals surface area (Å²) in [6, 6.07) is 0. The Morgan fingerprint density at radius 3 is 3.17 bits per heavy atom. The number of amides is 1. The van der Waals surface area contributed by atoms with Crippen molar-refractivity contribution in [2.24, 2.45) is 0 Å². The minimum absolute atomic E-state index is 0.0684. The Hall–Kier alpha value is -1.03. The van der Waals surface area contributed by atoms with E-state index in [4.69, 9.17) is 5.11 Å². The van der Waals surface area contributed by atoms with E-state index in [1.54, 1.807) is 6.08 Å². The molecule has 1 aliphatic heterocycles. The van der Waals surface area contributed by atoms with Crippen molar-refractivity contribution in [3.8, 4) is 0 Å². The largest absolute Gasteiger partial charge is 0.516 e. The third-order valence-electron chi connectivity index (χ3n) is 1.80. The second-order valence-electron chi connectivity index (χ2n) is 2.82. The Labute approximate surface area is 71.8 Å². The molecule has 0 aromatic carbocycles. The predicted octanol–water partition coefficient (Wildman–Crippen LogP) is 0.575. The molecule has 12 heavy (non-hydrogen) atoms. The lowest BCUT2D eigenvalue weighted by molar-refractivity contribution is -0.124. The first kappa shape index (κ1) is 9.06. The molecule has 0 aromatic rings. The Morgan fingerprint density at radius 1 is 1.58 bits per heavy atom. The number of carbonyl (C=O) groups excluding carboxylic acids is 1. The lowest BCUT2D eigenvalue weighted by Crippen LogP contribution is -2.40. The first-order valence-corrected chi connectivity index (χ1v) is 4.16. The lowest BCUT2D eigenvalue weighted by Gasteiger charge is -2.17. The highest BCUT2D eigenvalue weighted by Crippen LogP contribution is 2.02. The van der Waals surface area contributed by atoms with Gasteiger partial charge < -0.3 is 5.11 Å². The summed E-state index contributed by atoms with van der Waals surface area (Å²) in [4.78, 5) is 11.0. The van der Waals surface area contributed by atoms with Crippen molar-refractivity contribution in [2.75, 3.05) is 13.1 Å². The van der Waals surface area contributed by atoms with Crippen LogP contribution in [-0.2, 0) is 4.79 Å².